The highest BCUT2D eigenvalue weighted by Crippen LogP contribution is 2.16. The van der Waals surface area contributed by atoms with Crippen LogP contribution in [0.3, 0.4) is 0 Å². The van der Waals surface area contributed by atoms with Crippen molar-refractivity contribution in [3.8, 4) is 0 Å². The van der Waals surface area contributed by atoms with Crippen LogP contribution in [-0.2, 0) is 19.6 Å². The van der Waals surface area contributed by atoms with E-state index in [1.165, 1.54) is 0 Å². The molecule has 0 unspecified atom stereocenters. The van der Waals surface area contributed by atoms with E-state index in [9.17, 15) is 9.90 Å². The largest absolute Gasteiger partial charge is 0.390 e. The van der Waals surface area contributed by atoms with Gasteiger partial charge in [0.15, 0.2) is 5.78 Å². The first-order valence-corrected chi connectivity index (χ1v) is 9.72. The molecule has 0 aliphatic carbocycles. The summed E-state index contributed by atoms with van der Waals surface area (Å²) in [7, 11) is 0. The summed E-state index contributed by atoms with van der Waals surface area (Å²) in [4.78, 5) is 17.5. The van der Waals surface area contributed by atoms with Gasteiger partial charge in [-0.3, -0.25) is 4.79 Å². The molecule has 1 aromatic heterocycles. The predicted octanol–water partition coefficient (Wildman–Crippen LogP) is 4.77. The number of rotatable bonds is 9. The molecular weight excluding hydrogens is 348 g/mol. The van der Waals surface area contributed by atoms with Crippen molar-refractivity contribution >= 4 is 17.9 Å². The fourth-order valence-corrected chi connectivity index (χ4v) is 3.15. The molecule has 2 aromatic carbocycles. The summed E-state index contributed by atoms with van der Waals surface area (Å²) in [5.74, 6) is 0.893. The minimum atomic E-state index is -0.114. The lowest BCUT2D eigenvalue weighted by Crippen LogP contribution is -2.13. The van der Waals surface area contributed by atoms with Crippen molar-refractivity contribution in [1.29, 1.82) is 0 Å². The smallest absolute Gasteiger partial charge is 0.183 e. The Kier molecular flexibility index (Phi) is 6.93. The summed E-state index contributed by atoms with van der Waals surface area (Å²) >= 11 is 0. The number of ketones is 1. The molecular formula is C24H26N2O2. The van der Waals surface area contributed by atoms with Crippen molar-refractivity contribution in [1.82, 2.24) is 9.55 Å². The second-order valence-electron chi connectivity index (χ2n) is 6.79. The first-order chi connectivity index (χ1) is 13.7. The summed E-state index contributed by atoms with van der Waals surface area (Å²) in [5.41, 5.74) is 3.29. The number of aliphatic hydroxyl groups is 1. The fourth-order valence-electron chi connectivity index (χ4n) is 3.15. The third kappa shape index (κ3) is 5.05. The van der Waals surface area contributed by atoms with Crippen LogP contribution in [0.1, 0.15) is 52.8 Å². The van der Waals surface area contributed by atoms with Crippen LogP contribution in [-0.4, -0.2) is 20.4 Å². The van der Waals surface area contributed by atoms with E-state index in [4.69, 9.17) is 0 Å². The Morgan fingerprint density at radius 3 is 2.57 bits per heavy atom. The number of aryl methyl sites for hydroxylation is 1. The number of carbonyl (C=O) groups is 1. The van der Waals surface area contributed by atoms with Gasteiger partial charge in [-0.1, -0.05) is 80.1 Å². The van der Waals surface area contributed by atoms with E-state index < -0.39 is 0 Å². The Labute approximate surface area is 166 Å². The van der Waals surface area contributed by atoms with E-state index in [0.717, 1.165) is 36.2 Å². The van der Waals surface area contributed by atoms with E-state index in [-0.39, 0.29) is 18.9 Å². The quantitative estimate of drug-likeness (QED) is 0.433. The molecule has 3 rings (SSSR count). The molecule has 4 heteroatoms. The lowest BCUT2D eigenvalue weighted by molar-refractivity contribution is 0.0970. The molecule has 0 aliphatic heterocycles. The SMILES string of the molecule is CCCCc1nc(CO)cn1CC(=O)c1ccccc1C=Cc1ccccc1. The average molecular weight is 374 g/mol. The Morgan fingerprint density at radius 1 is 1.07 bits per heavy atom. The van der Waals surface area contributed by atoms with Crippen LogP contribution >= 0.6 is 0 Å². The first-order valence-electron chi connectivity index (χ1n) is 9.72. The van der Waals surface area contributed by atoms with Gasteiger partial charge in [-0.25, -0.2) is 4.98 Å². The number of aliphatic hydroxyl groups excluding tert-OH is 1. The van der Waals surface area contributed by atoms with E-state index in [1.807, 2.05) is 71.3 Å². The molecule has 0 amide bonds. The van der Waals surface area contributed by atoms with Crippen molar-refractivity contribution in [3.05, 3.63) is 89.0 Å². The fraction of sp³-hybridized carbons (Fsp3) is 0.250. The topological polar surface area (TPSA) is 55.1 Å². The molecule has 3 aromatic rings. The van der Waals surface area contributed by atoms with Crippen LogP contribution in [0.4, 0.5) is 0 Å². The molecule has 0 bridgehead atoms. The lowest BCUT2D eigenvalue weighted by atomic mass is 10.0. The van der Waals surface area contributed by atoms with Crippen LogP contribution in [0, 0.1) is 0 Å². The van der Waals surface area contributed by atoms with Crippen molar-refractivity contribution < 1.29 is 9.90 Å². The van der Waals surface area contributed by atoms with Gasteiger partial charge in [-0.15, -0.1) is 0 Å². The number of hydrogen-bond acceptors (Lipinski definition) is 3. The number of benzene rings is 2. The number of nitrogens with zero attached hydrogens (tertiary/aromatic N) is 2. The van der Waals surface area contributed by atoms with Crippen LogP contribution < -0.4 is 0 Å². The molecule has 0 atom stereocenters. The molecule has 1 heterocycles. The van der Waals surface area contributed by atoms with Crippen LogP contribution in [0.15, 0.2) is 60.8 Å². The van der Waals surface area contributed by atoms with E-state index in [1.54, 1.807) is 6.20 Å². The molecule has 0 aliphatic rings. The van der Waals surface area contributed by atoms with Gasteiger partial charge in [0, 0.05) is 18.2 Å². The second kappa shape index (κ2) is 9.81. The molecule has 4 nitrogen and oxygen atoms in total. The normalized spacial score (nSPS) is 11.2. The highest BCUT2D eigenvalue weighted by atomic mass is 16.3. The maximum absolute atomic E-state index is 13.0. The number of unbranched alkanes of at least 4 members (excludes halogenated alkanes) is 1. The summed E-state index contributed by atoms with van der Waals surface area (Å²) < 4.78 is 1.88. The number of hydrogen-bond donors (Lipinski definition) is 1. The van der Waals surface area contributed by atoms with Gasteiger partial charge in [-0.2, -0.15) is 0 Å². The Morgan fingerprint density at radius 2 is 1.82 bits per heavy atom. The molecule has 144 valence electrons. The van der Waals surface area contributed by atoms with Crippen molar-refractivity contribution in [2.24, 2.45) is 0 Å². The molecule has 0 fully saturated rings. The highest BCUT2D eigenvalue weighted by molar-refractivity contribution is 6.00. The highest BCUT2D eigenvalue weighted by Gasteiger charge is 2.14. The van der Waals surface area contributed by atoms with Crippen molar-refractivity contribution in [3.63, 3.8) is 0 Å². The van der Waals surface area contributed by atoms with Gasteiger partial charge in [0.25, 0.3) is 0 Å². The van der Waals surface area contributed by atoms with E-state index in [0.29, 0.717) is 11.3 Å². The summed E-state index contributed by atoms with van der Waals surface area (Å²) in [5, 5.41) is 9.40. The number of aromatic nitrogens is 2. The Balaban J connectivity index is 1.82. The minimum absolute atomic E-state index is 0.0351. The number of carbonyl (C=O) groups excluding carboxylic acids is 1. The third-order valence-corrected chi connectivity index (χ3v) is 4.66. The predicted molar refractivity (Wildman–Crippen MR) is 113 cm³/mol. The van der Waals surface area contributed by atoms with Gasteiger partial charge in [-0.05, 0) is 17.5 Å². The zero-order valence-corrected chi connectivity index (χ0v) is 16.2. The van der Waals surface area contributed by atoms with Gasteiger partial charge in [0.2, 0.25) is 0 Å². The van der Waals surface area contributed by atoms with Crippen LogP contribution in [0.25, 0.3) is 12.2 Å². The molecule has 0 saturated carbocycles. The van der Waals surface area contributed by atoms with Crippen LogP contribution in [0.5, 0.6) is 0 Å². The van der Waals surface area contributed by atoms with E-state index >= 15 is 0 Å². The lowest BCUT2D eigenvalue weighted by Gasteiger charge is -2.09. The number of Topliss-reactive ketones (excluding diaryl/α,β-unsaturated/α-hetero) is 1. The minimum Gasteiger partial charge on any atom is -0.390 e. The molecule has 28 heavy (non-hydrogen) atoms. The zero-order valence-electron chi connectivity index (χ0n) is 16.2. The Bertz CT molecular complexity index is 942. The first kappa shape index (κ1) is 19.8. The monoisotopic (exact) mass is 374 g/mol. The summed E-state index contributed by atoms with van der Waals surface area (Å²) in [6.45, 7) is 2.24. The van der Waals surface area contributed by atoms with Gasteiger partial charge >= 0.3 is 0 Å². The summed E-state index contributed by atoms with van der Waals surface area (Å²) in [6.07, 6.45) is 8.65. The van der Waals surface area contributed by atoms with Crippen LogP contribution in [0.2, 0.25) is 0 Å². The molecule has 0 spiro atoms. The maximum atomic E-state index is 13.0. The van der Waals surface area contributed by atoms with E-state index in [2.05, 4.69) is 11.9 Å². The third-order valence-electron chi connectivity index (χ3n) is 4.66. The average Bonchev–Trinajstić information content (AvgIpc) is 3.13. The van der Waals surface area contributed by atoms with Gasteiger partial charge < -0.3 is 9.67 Å². The molecule has 0 saturated heterocycles. The van der Waals surface area contributed by atoms with Gasteiger partial charge in [0.05, 0.1) is 18.8 Å². The number of imidazole rings is 1. The molecule has 0 radical (unpaired) electrons. The van der Waals surface area contributed by atoms with Crippen molar-refractivity contribution in [2.45, 2.75) is 39.3 Å². The van der Waals surface area contributed by atoms with Gasteiger partial charge in [0.1, 0.15) is 5.82 Å². The zero-order chi connectivity index (χ0) is 19.8. The molecule has 1 N–H and O–H groups in total. The standard InChI is InChI=1S/C24H26N2O2/c1-2-3-13-24-25-21(18-27)16-26(24)17-23(28)22-12-8-7-11-20(22)15-14-19-9-5-4-6-10-19/h4-12,14-16,27H,2-3,13,17-18H2,1H3. The maximum Gasteiger partial charge on any atom is 0.183 e. The Hall–Kier alpha value is -2.98. The van der Waals surface area contributed by atoms with Crippen molar-refractivity contribution in [2.75, 3.05) is 0 Å². The second-order valence-corrected chi connectivity index (χ2v) is 6.79. The summed E-state index contributed by atoms with van der Waals surface area (Å²) in [6, 6.07) is 17.7.